The lowest BCUT2D eigenvalue weighted by molar-refractivity contribution is -0.192. The van der Waals surface area contributed by atoms with E-state index in [0.29, 0.717) is 12.8 Å². The molecule has 0 heterocycles. The number of phosphoric ester groups is 1. The number of ketones is 2. The molecule has 0 aromatic heterocycles. The molecule has 0 fully saturated rings. The van der Waals surface area contributed by atoms with Crippen molar-refractivity contribution in [3.63, 3.8) is 0 Å². The summed E-state index contributed by atoms with van der Waals surface area (Å²) >= 11 is 0. The maximum absolute atomic E-state index is 13.6. The largest absolute Gasteiger partial charge is 0.469 e. The zero-order chi connectivity index (χ0) is 38.6. The van der Waals surface area contributed by atoms with Gasteiger partial charge in [-0.1, -0.05) is 194 Å². The molecule has 10 nitrogen and oxygen atoms in total. The number of aliphatic hydroxyl groups is 2. The van der Waals surface area contributed by atoms with E-state index in [2.05, 4.69) is 23.9 Å². The summed E-state index contributed by atoms with van der Waals surface area (Å²) in [6.07, 6.45) is 33.7. The van der Waals surface area contributed by atoms with Gasteiger partial charge >= 0.3 is 7.82 Å². The summed E-state index contributed by atoms with van der Waals surface area (Å²) in [6, 6.07) is 0. The monoisotopic (exact) mass is 764 g/mol. The van der Waals surface area contributed by atoms with Crippen molar-refractivity contribution in [3.8, 4) is 0 Å². The first-order chi connectivity index (χ1) is 25.2. The summed E-state index contributed by atoms with van der Waals surface area (Å²) < 4.78 is 15.4. The molecule has 0 aliphatic rings. The molecule has 0 radical (unpaired) electrons. The Bertz CT molecular complexity index is 823. The Morgan fingerprint density at radius 3 is 1.12 bits per heavy atom. The Morgan fingerprint density at radius 2 is 0.846 bits per heavy atom. The van der Waals surface area contributed by atoms with Crippen LogP contribution in [0.1, 0.15) is 219 Å². The summed E-state index contributed by atoms with van der Waals surface area (Å²) in [7, 11) is -4.71. The number of carbonyl (C=O) groups excluding carboxylic acids is 2. The second-order valence-electron chi connectivity index (χ2n) is 15.0. The van der Waals surface area contributed by atoms with Gasteiger partial charge in [0.15, 0.2) is 11.6 Å². The van der Waals surface area contributed by atoms with Crippen molar-refractivity contribution in [1.29, 1.82) is 0 Å². The van der Waals surface area contributed by atoms with Crippen LogP contribution in [0.5, 0.6) is 0 Å². The van der Waals surface area contributed by atoms with Gasteiger partial charge in [0.25, 0.3) is 0 Å². The fraction of sp³-hybridized carbons (Fsp3) is 0.951. The second-order valence-corrected chi connectivity index (χ2v) is 16.2. The molecule has 0 aromatic carbocycles. The third kappa shape index (κ3) is 28.7. The van der Waals surface area contributed by atoms with Crippen LogP contribution in [0.3, 0.4) is 0 Å². The van der Waals surface area contributed by atoms with Crippen LogP contribution in [-0.4, -0.2) is 63.0 Å². The Hall–Kier alpha value is -0.710. The molecule has 0 bridgehead atoms. The lowest BCUT2D eigenvalue weighted by Crippen LogP contribution is -2.61. The number of aliphatic hydroxyl groups excluding tert-OH is 2. The van der Waals surface area contributed by atoms with Crippen molar-refractivity contribution in [2.75, 3.05) is 19.8 Å². The summed E-state index contributed by atoms with van der Waals surface area (Å²) in [5.41, 5.74) is 0.100. The zero-order valence-electron chi connectivity index (χ0n) is 33.6. The number of unbranched alkanes of at least 4 members (excludes halogenated alkanes) is 28. The highest BCUT2D eigenvalue weighted by Gasteiger charge is 2.52. The van der Waals surface area contributed by atoms with Crippen molar-refractivity contribution >= 4 is 19.4 Å². The molecule has 1 atom stereocenters. The molecule has 0 amide bonds. The van der Waals surface area contributed by atoms with Gasteiger partial charge < -0.3 is 20.0 Å². The van der Waals surface area contributed by atoms with Crippen molar-refractivity contribution in [3.05, 3.63) is 0 Å². The number of hydrogen-bond donors (Lipinski definition) is 5. The maximum atomic E-state index is 13.6. The van der Waals surface area contributed by atoms with Crippen LogP contribution in [-0.2, 0) is 23.5 Å². The Kier molecular flexibility index (Phi) is 35.5. The van der Waals surface area contributed by atoms with Gasteiger partial charge in [0.1, 0.15) is 6.10 Å². The standard InChI is InChI=1S/C41H82NO9P/c1-3-5-7-9-11-13-15-17-19-21-23-25-27-29-31-33-38(44)41(40(46)37-43,51-42-35-36-50-52(47,48)49)39(45)34-32-30-28-26-24-22-20-18-16-14-12-10-8-6-4-2/h40,42-43,46H,3-37H2,1-2H3,(H2,47,48,49)/t40-/m0/s1. The quantitative estimate of drug-likeness (QED) is 0.0175. The number of rotatable bonds is 42. The molecule has 0 aliphatic carbocycles. The maximum Gasteiger partial charge on any atom is 0.469 e. The lowest BCUT2D eigenvalue weighted by Gasteiger charge is -2.34. The first kappa shape index (κ1) is 51.3. The molecule has 0 unspecified atom stereocenters. The normalized spacial score (nSPS) is 12.8. The van der Waals surface area contributed by atoms with Gasteiger partial charge in [-0.15, -0.1) is 0 Å². The van der Waals surface area contributed by atoms with Crippen LogP contribution >= 0.6 is 7.82 Å². The van der Waals surface area contributed by atoms with Crippen molar-refractivity contribution in [2.45, 2.75) is 231 Å². The van der Waals surface area contributed by atoms with E-state index < -0.39 is 44.3 Å². The van der Waals surface area contributed by atoms with E-state index in [9.17, 15) is 24.4 Å². The molecule has 0 saturated heterocycles. The van der Waals surface area contributed by atoms with Crippen molar-refractivity contribution in [1.82, 2.24) is 5.48 Å². The predicted octanol–water partition coefficient (Wildman–Crippen LogP) is 10.4. The van der Waals surface area contributed by atoms with E-state index in [1.807, 2.05) is 0 Å². The molecule has 0 aromatic rings. The summed E-state index contributed by atoms with van der Waals surface area (Å²) in [6.45, 7) is 2.95. The minimum atomic E-state index is -4.71. The minimum absolute atomic E-state index is 0.0145. The highest BCUT2D eigenvalue weighted by Crippen LogP contribution is 2.35. The van der Waals surface area contributed by atoms with E-state index in [1.54, 1.807) is 0 Å². The topological polar surface area (TPSA) is 163 Å². The van der Waals surface area contributed by atoms with Crippen LogP contribution in [0.2, 0.25) is 0 Å². The average molecular weight is 764 g/mol. The van der Waals surface area contributed by atoms with Crippen molar-refractivity contribution in [2.24, 2.45) is 0 Å². The third-order valence-electron chi connectivity index (χ3n) is 10.2. The molecule has 0 aliphatic heterocycles. The molecule has 0 rings (SSSR count). The lowest BCUT2D eigenvalue weighted by atomic mass is 9.82. The third-order valence-corrected chi connectivity index (χ3v) is 10.7. The SMILES string of the molecule is CCCCCCCCCCCCCCCCCC(=O)C(ONCCOP(=O)(O)O)(C(=O)CCCCCCCCCCCCCCCCC)[C@@H](O)CO. The van der Waals surface area contributed by atoms with E-state index in [4.69, 9.17) is 14.6 Å². The van der Waals surface area contributed by atoms with Crippen LogP contribution in [0.4, 0.5) is 0 Å². The average Bonchev–Trinajstić information content (AvgIpc) is 3.12. The number of carbonyl (C=O) groups is 2. The van der Waals surface area contributed by atoms with Gasteiger partial charge in [-0.25, -0.2) is 4.57 Å². The molecular weight excluding hydrogens is 681 g/mol. The molecule has 52 heavy (non-hydrogen) atoms. The molecule has 5 N–H and O–H groups in total. The van der Waals surface area contributed by atoms with E-state index in [-0.39, 0.29) is 19.4 Å². The number of hydroxylamine groups is 1. The predicted molar refractivity (Wildman–Crippen MR) is 212 cm³/mol. The number of nitrogens with one attached hydrogen (secondary N) is 1. The molecular formula is C41H82NO9P. The number of hydrogen-bond acceptors (Lipinski definition) is 8. The fourth-order valence-electron chi connectivity index (χ4n) is 6.89. The van der Waals surface area contributed by atoms with Gasteiger partial charge in [-0.2, -0.15) is 5.48 Å². The highest BCUT2D eigenvalue weighted by atomic mass is 31.2. The molecule has 11 heteroatoms. The smallest absolute Gasteiger partial charge is 0.394 e. The summed E-state index contributed by atoms with van der Waals surface area (Å²) in [5.74, 6) is -1.20. The van der Waals surface area contributed by atoms with Crippen LogP contribution in [0.25, 0.3) is 0 Å². The Balaban J connectivity index is 4.65. The van der Waals surface area contributed by atoms with Gasteiger partial charge in [0.2, 0.25) is 5.60 Å². The highest BCUT2D eigenvalue weighted by molar-refractivity contribution is 7.46. The number of phosphoric acid groups is 1. The van der Waals surface area contributed by atoms with Crippen LogP contribution in [0.15, 0.2) is 0 Å². The van der Waals surface area contributed by atoms with Crippen LogP contribution < -0.4 is 5.48 Å². The van der Waals surface area contributed by atoms with E-state index >= 15 is 0 Å². The summed E-state index contributed by atoms with van der Waals surface area (Å²) in [5, 5.41) is 20.7. The zero-order valence-corrected chi connectivity index (χ0v) is 34.5. The first-order valence-corrected chi connectivity index (χ1v) is 23.1. The van der Waals surface area contributed by atoms with Gasteiger partial charge in [-0.3, -0.25) is 19.0 Å². The van der Waals surface area contributed by atoms with Gasteiger partial charge in [0.05, 0.1) is 13.2 Å². The van der Waals surface area contributed by atoms with Crippen molar-refractivity contribution < 1.29 is 43.5 Å². The van der Waals surface area contributed by atoms with Crippen LogP contribution in [0, 0.1) is 0 Å². The summed E-state index contributed by atoms with van der Waals surface area (Å²) in [4.78, 5) is 50.7. The number of Topliss-reactive ketones (excluding diaryl/α,β-unsaturated/α-hetero) is 2. The van der Waals surface area contributed by atoms with Gasteiger partial charge in [0, 0.05) is 19.4 Å². The molecule has 0 spiro atoms. The second kappa shape index (κ2) is 36.0. The van der Waals surface area contributed by atoms with E-state index in [0.717, 1.165) is 38.5 Å². The molecule has 310 valence electrons. The molecule has 0 saturated carbocycles. The Labute approximate surface area is 318 Å². The first-order valence-electron chi connectivity index (χ1n) is 21.6. The van der Waals surface area contributed by atoms with Gasteiger partial charge in [-0.05, 0) is 12.8 Å². The Morgan fingerprint density at radius 1 is 0.558 bits per heavy atom. The van der Waals surface area contributed by atoms with E-state index in [1.165, 1.54) is 141 Å². The fourth-order valence-corrected chi connectivity index (χ4v) is 7.22. The minimum Gasteiger partial charge on any atom is -0.394 e.